The fourth-order valence-corrected chi connectivity index (χ4v) is 4.85. The van der Waals surface area contributed by atoms with Crippen molar-refractivity contribution in [2.24, 2.45) is 0 Å². The fraction of sp³-hybridized carbons (Fsp3) is 0.261. The van der Waals surface area contributed by atoms with Gasteiger partial charge in [0.25, 0.3) is 10.0 Å². The summed E-state index contributed by atoms with van der Waals surface area (Å²) in [5.74, 6) is -1.34. The van der Waals surface area contributed by atoms with Crippen LogP contribution < -0.4 is 43.7 Å². The number of nitrogens with zero attached hydrogens (tertiary/aromatic N) is 1. The van der Waals surface area contributed by atoms with Gasteiger partial charge >= 0.3 is 35.7 Å². The molecule has 0 unspecified atom stereocenters. The molecule has 35 heavy (non-hydrogen) atoms. The Hall–Kier alpha value is -2.47. The van der Waals surface area contributed by atoms with Gasteiger partial charge in [-0.1, -0.05) is 24.3 Å². The number of carbonyl (C=O) groups excluding carboxylic acids is 1. The van der Waals surface area contributed by atoms with Crippen molar-refractivity contribution in [3.05, 3.63) is 77.0 Å². The standard InChI is InChI=1S/C23H22F3NO6S.Na/c1-14(2)27(34(30,31)21-11-4-15(3)33-21)19-10-9-18(23(24,25)26)12-20(19)32-13-16-5-7-17(8-6-16)22(28)29;/h4-12,14H,13H2,1-3H3,(H,28,29);/q;+1/p-1. The molecule has 0 amide bonds. The van der Waals surface area contributed by atoms with Crippen LogP contribution in [0.3, 0.4) is 0 Å². The molecule has 3 rings (SSSR count). The van der Waals surface area contributed by atoms with Gasteiger partial charge < -0.3 is 19.1 Å². The summed E-state index contributed by atoms with van der Waals surface area (Å²) in [7, 11) is -4.27. The molecule has 0 aliphatic carbocycles. The Morgan fingerprint density at radius 1 is 1.09 bits per heavy atom. The van der Waals surface area contributed by atoms with E-state index in [9.17, 15) is 31.5 Å². The maximum atomic E-state index is 13.4. The van der Waals surface area contributed by atoms with Crippen molar-refractivity contribution in [1.29, 1.82) is 0 Å². The summed E-state index contributed by atoms with van der Waals surface area (Å²) in [4.78, 5) is 10.9. The zero-order valence-corrected chi connectivity index (χ0v) is 22.2. The second-order valence-electron chi connectivity index (χ2n) is 7.71. The zero-order valence-electron chi connectivity index (χ0n) is 19.4. The molecule has 0 aliphatic rings. The number of carboxylic acid groups (broad SMARTS) is 1. The van der Waals surface area contributed by atoms with Gasteiger partial charge in [-0.05, 0) is 62.2 Å². The summed E-state index contributed by atoms with van der Waals surface area (Å²) in [6, 6.07) is 9.94. The molecule has 0 N–H and O–H groups in total. The van der Waals surface area contributed by atoms with Gasteiger partial charge in [-0.25, -0.2) is 0 Å². The van der Waals surface area contributed by atoms with E-state index in [0.717, 1.165) is 22.5 Å². The number of aromatic carboxylic acids is 1. The van der Waals surface area contributed by atoms with Crippen molar-refractivity contribution in [1.82, 2.24) is 0 Å². The van der Waals surface area contributed by atoms with Crippen LogP contribution in [-0.4, -0.2) is 20.4 Å². The summed E-state index contributed by atoms with van der Waals surface area (Å²) in [5, 5.41) is 10.5. The van der Waals surface area contributed by atoms with Crippen molar-refractivity contribution < 1.29 is 70.2 Å². The number of carbonyl (C=O) groups is 1. The van der Waals surface area contributed by atoms with Crippen molar-refractivity contribution in [2.45, 2.75) is 44.7 Å². The first-order chi connectivity index (χ1) is 15.8. The first-order valence-corrected chi connectivity index (χ1v) is 11.5. The normalized spacial score (nSPS) is 11.7. The Bertz CT molecular complexity index is 1290. The number of rotatable bonds is 8. The number of carboxylic acids is 1. The van der Waals surface area contributed by atoms with Crippen LogP contribution in [0.5, 0.6) is 5.75 Å². The van der Waals surface area contributed by atoms with Crippen LogP contribution in [0.15, 0.2) is 64.1 Å². The number of furan rings is 1. The average Bonchev–Trinajstić information content (AvgIpc) is 3.19. The molecule has 0 bridgehead atoms. The minimum atomic E-state index is -4.69. The molecule has 7 nitrogen and oxygen atoms in total. The van der Waals surface area contributed by atoms with Gasteiger partial charge in [-0.2, -0.15) is 21.6 Å². The number of sulfonamides is 1. The van der Waals surface area contributed by atoms with Gasteiger partial charge in [0.05, 0.1) is 17.2 Å². The first kappa shape index (κ1) is 28.8. The SMILES string of the molecule is Cc1ccc(S(=O)(=O)N(c2ccc(C(F)(F)F)cc2OCc2ccc(C(=O)[O-])cc2)C(C)C)o1.[Na+]. The number of alkyl halides is 3. The zero-order chi connectivity index (χ0) is 25.3. The maximum Gasteiger partial charge on any atom is 1.00 e. The predicted octanol–water partition coefficient (Wildman–Crippen LogP) is 1.16. The molecular weight excluding hydrogens is 498 g/mol. The van der Waals surface area contributed by atoms with Crippen LogP contribution in [0.4, 0.5) is 18.9 Å². The quantitative estimate of drug-likeness (QED) is 0.414. The molecular formula is C23H21F3NNaO6S. The number of hydrogen-bond donors (Lipinski definition) is 0. The van der Waals surface area contributed by atoms with E-state index >= 15 is 0 Å². The molecule has 2 aromatic carbocycles. The Morgan fingerprint density at radius 3 is 2.20 bits per heavy atom. The average molecular weight is 519 g/mol. The van der Waals surface area contributed by atoms with Crippen molar-refractivity contribution >= 4 is 21.7 Å². The van der Waals surface area contributed by atoms with Gasteiger partial charge in [0.15, 0.2) is 0 Å². The molecule has 1 heterocycles. The molecule has 0 aliphatic heterocycles. The summed E-state index contributed by atoms with van der Waals surface area (Å²) < 4.78 is 78.6. The Morgan fingerprint density at radius 2 is 1.71 bits per heavy atom. The predicted molar refractivity (Wildman–Crippen MR) is 115 cm³/mol. The number of ether oxygens (including phenoxy) is 1. The number of aryl methyl sites for hydroxylation is 1. The van der Waals surface area contributed by atoms with Crippen LogP contribution in [0.25, 0.3) is 0 Å². The van der Waals surface area contributed by atoms with Gasteiger partial charge in [0.2, 0.25) is 5.09 Å². The first-order valence-electron chi connectivity index (χ1n) is 10.1. The van der Waals surface area contributed by atoms with E-state index in [-0.39, 0.29) is 58.3 Å². The van der Waals surface area contributed by atoms with E-state index in [4.69, 9.17) is 9.15 Å². The minimum Gasteiger partial charge on any atom is -0.545 e. The summed E-state index contributed by atoms with van der Waals surface area (Å²) in [6.07, 6.45) is -4.69. The van der Waals surface area contributed by atoms with Gasteiger partial charge in [0, 0.05) is 6.04 Å². The second kappa shape index (κ2) is 11.1. The monoisotopic (exact) mass is 519 g/mol. The molecule has 12 heteroatoms. The smallest absolute Gasteiger partial charge is 0.545 e. The van der Waals surface area contributed by atoms with Crippen molar-refractivity contribution in [3.63, 3.8) is 0 Å². The molecule has 0 spiro atoms. The molecule has 0 atom stereocenters. The molecule has 0 saturated carbocycles. The van der Waals surface area contributed by atoms with Crippen LogP contribution in [0.2, 0.25) is 0 Å². The van der Waals surface area contributed by atoms with Crippen LogP contribution in [0.1, 0.15) is 41.1 Å². The fourth-order valence-electron chi connectivity index (χ4n) is 3.22. The van der Waals surface area contributed by atoms with Crippen LogP contribution >= 0.6 is 0 Å². The summed E-state index contributed by atoms with van der Waals surface area (Å²) in [5.41, 5.74) is -0.750. The van der Waals surface area contributed by atoms with Gasteiger partial charge in [0.1, 0.15) is 18.1 Å². The Balaban J connectivity index is 0.00000432. The maximum absolute atomic E-state index is 13.4. The molecule has 1 aromatic heterocycles. The van der Waals surface area contributed by atoms with Crippen molar-refractivity contribution in [3.8, 4) is 5.75 Å². The third kappa shape index (κ3) is 6.60. The van der Waals surface area contributed by atoms with E-state index < -0.39 is 33.8 Å². The van der Waals surface area contributed by atoms with E-state index in [0.29, 0.717) is 11.3 Å². The summed E-state index contributed by atoms with van der Waals surface area (Å²) in [6.45, 7) is 4.45. The molecule has 0 fully saturated rings. The third-order valence-electron chi connectivity index (χ3n) is 4.81. The Kier molecular flexibility index (Phi) is 9.10. The van der Waals surface area contributed by atoms with Gasteiger partial charge in [-0.15, -0.1) is 0 Å². The van der Waals surface area contributed by atoms with Crippen LogP contribution in [-0.2, 0) is 22.8 Å². The van der Waals surface area contributed by atoms with Gasteiger partial charge in [-0.3, -0.25) is 4.31 Å². The molecule has 0 saturated heterocycles. The third-order valence-corrected chi connectivity index (χ3v) is 6.67. The number of halogens is 3. The van der Waals surface area contributed by atoms with Crippen molar-refractivity contribution in [2.75, 3.05) is 4.31 Å². The number of anilines is 1. The number of hydrogen-bond acceptors (Lipinski definition) is 6. The molecule has 0 radical (unpaired) electrons. The van der Waals surface area contributed by atoms with E-state index in [1.54, 1.807) is 20.8 Å². The minimum absolute atomic E-state index is 0. The van der Waals surface area contributed by atoms with E-state index in [1.807, 2.05) is 0 Å². The van der Waals surface area contributed by atoms with Crippen LogP contribution in [0, 0.1) is 6.92 Å². The van der Waals surface area contributed by atoms with E-state index in [2.05, 4.69) is 0 Å². The second-order valence-corrected chi connectivity index (χ2v) is 9.46. The number of benzene rings is 2. The molecule has 182 valence electrons. The largest absolute Gasteiger partial charge is 1.00 e. The van der Waals surface area contributed by atoms with E-state index in [1.165, 1.54) is 36.4 Å². The molecule has 3 aromatic rings. The topological polar surface area (TPSA) is 99.9 Å². The Labute approximate surface area is 222 Å². The summed E-state index contributed by atoms with van der Waals surface area (Å²) >= 11 is 0.